The molecule has 2 heterocycles. The van der Waals surface area contributed by atoms with Crippen molar-refractivity contribution >= 4 is 11.6 Å². The maximum Gasteiger partial charge on any atom is 0.295 e. The number of carbonyl (C=O) groups is 1. The molecule has 1 unspecified atom stereocenters. The van der Waals surface area contributed by atoms with Crippen LogP contribution >= 0.6 is 0 Å². The molecule has 1 aromatic rings. The van der Waals surface area contributed by atoms with Gasteiger partial charge < -0.3 is 9.64 Å². The number of aromatic nitrogens is 1. The third-order valence-corrected chi connectivity index (χ3v) is 4.46. The number of rotatable bonds is 4. The number of nitrogens with zero attached hydrogens (tertiary/aromatic N) is 3. The lowest BCUT2D eigenvalue weighted by atomic mass is 10.0. The summed E-state index contributed by atoms with van der Waals surface area (Å²) in [4.78, 5) is 18.8. The van der Waals surface area contributed by atoms with Crippen molar-refractivity contribution in [3.8, 4) is 0 Å². The monoisotopic (exact) mass is 343 g/mol. The van der Waals surface area contributed by atoms with Crippen molar-refractivity contribution in [1.29, 1.82) is 0 Å². The molecule has 0 aromatic carbocycles. The number of hydroxylamine groups is 2. The summed E-state index contributed by atoms with van der Waals surface area (Å²) in [6, 6.07) is 3.63. The van der Waals surface area contributed by atoms with Crippen LogP contribution in [0.15, 0.2) is 42.6 Å². The number of carbonyl (C=O) groups excluding carboxylic acids is 1. The first kappa shape index (κ1) is 17.6. The van der Waals surface area contributed by atoms with Crippen LogP contribution in [0.1, 0.15) is 30.8 Å². The van der Waals surface area contributed by atoms with E-state index in [4.69, 9.17) is 4.74 Å². The normalized spacial score (nSPS) is 25.9. The second-order valence-electron chi connectivity index (χ2n) is 6.76. The molecule has 1 fully saturated rings. The summed E-state index contributed by atoms with van der Waals surface area (Å²) < 4.78 is 5.75. The van der Waals surface area contributed by atoms with Gasteiger partial charge in [-0.25, -0.2) is 5.06 Å². The molecule has 1 saturated heterocycles. The zero-order valence-electron chi connectivity index (χ0n) is 14.7. The summed E-state index contributed by atoms with van der Waals surface area (Å²) in [6.45, 7) is 5.88. The van der Waals surface area contributed by atoms with Crippen molar-refractivity contribution in [2.45, 2.75) is 32.5 Å². The molecule has 134 valence electrons. The predicted molar refractivity (Wildman–Crippen MR) is 95.7 cm³/mol. The second kappa shape index (κ2) is 7.80. The lowest BCUT2D eigenvalue weighted by Crippen LogP contribution is -2.45. The van der Waals surface area contributed by atoms with E-state index < -0.39 is 5.91 Å². The first-order valence-electron chi connectivity index (χ1n) is 8.73. The van der Waals surface area contributed by atoms with Crippen LogP contribution in [0, 0.1) is 5.92 Å². The van der Waals surface area contributed by atoms with Gasteiger partial charge in [-0.05, 0) is 32.4 Å². The van der Waals surface area contributed by atoms with Crippen molar-refractivity contribution in [2.75, 3.05) is 24.5 Å². The smallest absolute Gasteiger partial charge is 0.295 e. The summed E-state index contributed by atoms with van der Waals surface area (Å²) in [5.74, 6) is -0.345. The highest BCUT2D eigenvalue weighted by Crippen LogP contribution is 2.21. The van der Waals surface area contributed by atoms with E-state index in [9.17, 15) is 10.0 Å². The van der Waals surface area contributed by atoms with Gasteiger partial charge >= 0.3 is 0 Å². The Morgan fingerprint density at radius 3 is 2.80 bits per heavy atom. The van der Waals surface area contributed by atoms with Crippen LogP contribution in [0.3, 0.4) is 0 Å². The molecule has 1 aliphatic heterocycles. The SMILES string of the molecule is C[C@@H]1CN(c2ccnc(C(=O)N(O)CC3C=CC=CC3)c2)C[C@H](C)O1. The topological polar surface area (TPSA) is 65.9 Å². The highest BCUT2D eigenvalue weighted by Gasteiger charge is 2.24. The summed E-state index contributed by atoms with van der Waals surface area (Å²) >= 11 is 0. The number of pyridine rings is 1. The summed E-state index contributed by atoms with van der Waals surface area (Å²) in [5.41, 5.74) is 1.18. The van der Waals surface area contributed by atoms with E-state index in [1.165, 1.54) is 0 Å². The zero-order chi connectivity index (χ0) is 17.8. The first-order valence-corrected chi connectivity index (χ1v) is 8.73. The van der Waals surface area contributed by atoms with Crippen LogP contribution in [0.5, 0.6) is 0 Å². The van der Waals surface area contributed by atoms with Crippen LogP contribution in [0.2, 0.25) is 0 Å². The average molecular weight is 343 g/mol. The molecule has 0 saturated carbocycles. The summed E-state index contributed by atoms with van der Waals surface area (Å²) in [7, 11) is 0. The second-order valence-corrected chi connectivity index (χ2v) is 6.76. The van der Waals surface area contributed by atoms with Gasteiger partial charge in [0.1, 0.15) is 5.69 Å². The molecule has 1 aliphatic carbocycles. The number of allylic oxidation sites excluding steroid dienone is 3. The van der Waals surface area contributed by atoms with Crippen molar-refractivity contribution in [1.82, 2.24) is 10.0 Å². The van der Waals surface area contributed by atoms with Crippen molar-refractivity contribution in [3.63, 3.8) is 0 Å². The lowest BCUT2D eigenvalue weighted by molar-refractivity contribution is -0.0643. The fraction of sp³-hybridized carbons (Fsp3) is 0.474. The molecule has 6 heteroatoms. The quantitative estimate of drug-likeness (QED) is 0.672. The Labute approximate surface area is 148 Å². The summed E-state index contributed by atoms with van der Waals surface area (Å²) in [5, 5.41) is 10.9. The molecular weight excluding hydrogens is 318 g/mol. The van der Waals surface area contributed by atoms with Gasteiger partial charge in [0.2, 0.25) is 0 Å². The van der Waals surface area contributed by atoms with E-state index in [1.54, 1.807) is 12.3 Å². The molecule has 0 radical (unpaired) electrons. The first-order chi connectivity index (χ1) is 12.0. The molecule has 2 aliphatic rings. The van der Waals surface area contributed by atoms with Gasteiger partial charge in [-0.15, -0.1) is 0 Å². The maximum atomic E-state index is 12.5. The number of ether oxygens (including phenoxy) is 1. The molecule has 0 bridgehead atoms. The molecule has 3 rings (SSSR count). The Balaban J connectivity index is 1.68. The summed E-state index contributed by atoms with van der Waals surface area (Å²) in [6.07, 6.45) is 10.6. The Hall–Kier alpha value is -2.18. The Kier molecular flexibility index (Phi) is 5.50. The van der Waals surface area contributed by atoms with Gasteiger partial charge in [-0.1, -0.05) is 24.3 Å². The molecule has 0 spiro atoms. The Morgan fingerprint density at radius 1 is 1.36 bits per heavy atom. The standard InChI is InChI=1S/C19H25N3O3/c1-14-11-21(12-15(2)25-14)17-8-9-20-18(10-17)19(23)22(24)13-16-6-4-3-5-7-16/h3-6,8-10,14-16,24H,7,11-13H2,1-2H3/t14-,15+,16?. The van der Waals surface area contributed by atoms with Crippen LogP contribution in [0.4, 0.5) is 5.69 Å². The number of hydrogen-bond acceptors (Lipinski definition) is 5. The fourth-order valence-corrected chi connectivity index (χ4v) is 3.33. The number of anilines is 1. The Bertz CT molecular complexity index is 664. The molecular formula is C19H25N3O3. The third kappa shape index (κ3) is 4.46. The fourth-order valence-electron chi connectivity index (χ4n) is 3.33. The van der Waals surface area contributed by atoms with E-state index in [1.807, 2.05) is 44.2 Å². The largest absolute Gasteiger partial charge is 0.372 e. The molecule has 1 aromatic heterocycles. The average Bonchev–Trinajstić information content (AvgIpc) is 2.61. The highest BCUT2D eigenvalue weighted by atomic mass is 16.5. The molecule has 3 atom stereocenters. The van der Waals surface area contributed by atoms with Crippen molar-refractivity contribution < 1.29 is 14.7 Å². The van der Waals surface area contributed by atoms with Gasteiger partial charge in [-0.2, -0.15) is 0 Å². The molecule has 1 N–H and O–H groups in total. The number of hydrogen-bond donors (Lipinski definition) is 1. The van der Waals surface area contributed by atoms with Crippen LogP contribution in [-0.4, -0.2) is 53.0 Å². The minimum absolute atomic E-state index is 0.128. The van der Waals surface area contributed by atoms with Crippen molar-refractivity contribution in [2.24, 2.45) is 5.92 Å². The predicted octanol–water partition coefficient (Wildman–Crippen LogP) is 2.66. The van der Waals surface area contributed by atoms with E-state index in [0.29, 0.717) is 0 Å². The van der Waals surface area contributed by atoms with Gasteiger partial charge in [0.25, 0.3) is 5.91 Å². The van der Waals surface area contributed by atoms with Gasteiger partial charge in [-0.3, -0.25) is 15.0 Å². The third-order valence-electron chi connectivity index (χ3n) is 4.46. The Morgan fingerprint density at radius 2 is 2.12 bits per heavy atom. The minimum atomic E-state index is -0.473. The van der Waals surface area contributed by atoms with Gasteiger partial charge in [0, 0.05) is 30.9 Å². The van der Waals surface area contributed by atoms with Crippen LogP contribution < -0.4 is 4.90 Å². The molecule has 6 nitrogen and oxygen atoms in total. The molecule has 1 amide bonds. The lowest BCUT2D eigenvalue weighted by Gasteiger charge is -2.36. The van der Waals surface area contributed by atoms with Gasteiger partial charge in [0.15, 0.2) is 0 Å². The van der Waals surface area contributed by atoms with E-state index in [2.05, 4.69) is 9.88 Å². The molecule has 25 heavy (non-hydrogen) atoms. The zero-order valence-corrected chi connectivity index (χ0v) is 14.7. The maximum absolute atomic E-state index is 12.5. The minimum Gasteiger partial charge on any atom is -0.372 e. The van der Waals surface area contributed by atoms with Gasteiger partial charge in [0.05, 0.1) is 18.8 Å². The van der Waals surface area contributed by atoms with Crippen LogP contribution in [-0.2, 0) is 4.74 Å². The van der Waals surface area contributed by atoms with Crippen molar-refractivity contribution in [3.05, 3.63) is 48.3 Å². The van der Waals surface area contributed by atoms with E-state index >= 15 is 0 Å². The van der Waals surface area contributed by atoms with E-state index in [0.717, 1.165) is 30.3 Å². The highest BCUT2D eigenvalue weighted by molar-refractivity contribution is 5.92. The number of morpholine rings is 1. The van der Waals surface area contributed by atoms with E-state index in [-0.39, 0.29) is 30.4 Å². The van der Waals surface area contributed by atoms with Crippen LogP contribution in [0.25, 0.3) is 0 Å². The number of amides is 1.